The van der Waals surface area contributed by atoms with Gasteiger partial charge in [-0.15, -0.1) is 0 Å². The maximum atomic E-state index is 14.1. The first kappa shape index (κ1) is 32.9. The normalized spacial score (nSPS) is 12.6. The van der Waals surface area contributed by atoms with Crippen LogP contribution in [0.2, 0.25) is 0 Å². The highest BCUT2D eigenvalue weighted by molar-refractivity contribution is 7.99. The second-order valence-electron chi connectivity index (χ2n) is 13.2. The highest BCUT2D eigenvalue weighted by Gasteiger charge is 2.33. The molecule has 0 aliphatic heterocycles. The molecule has 0 spiro atoms. The van der Waals surface area contributed by atoms with Crippen LogP contribution in [0.25, 0.3) is 11.1 Å². The van der Waals surface area contributed by atoms with Gasteiger partial charge in [0.15, 0.2) is 11.6 Å². The summed E-state index contributed by atoms with van der Waals surface area (Å²) in [5, 5.41) is 0. The lowest BCUT2D eigenvalue weighted by Gasteiger charge is -2.22. The molecule has 0 aromatic heterocycles. The fourth-order valence-corrected chi connectivity index (χ4v) is 7.96. The zero-order valence-corrected chi connectivity index (χ0v) is 29.5. The first-order valence-corrected chi connectivity index (χ1v) is 17.8. The van der Waals surface area contributed by atoms with Crippen molar-refractivity contribution < 1.29 is 14.3 Å². The predicted molar refractivity (Wildman–Crippen MR) is 195 cm³/mol. The smallest absolute Gasteiger partial charge is 0.195 e. The quantitative estimate of drug-likeness (QED) is 0.145. The fraction of sp³-hybridized carbons (Fsp3) is 0.238. The van der Waals surface area contributed by atoms with E-state index in [2.05, 4.69) is 102 Å². The van der Waals surface area contributed by atoms with Crippen LogP contribution in [-0.4, -0.2) is 18.2 Å². The van der Waals surface area contributed by atoms with Gasteiger partial charge in [0.25, 0.3) is 0 Å². The summed E-state index contributed by atoms with van der Waals surface area (Å²) in [4.78, 5) is 31.7. The minimum atomic E-state index is -0.105. The molecule has 0 radical (unpaired) electrons. The molecule has 0 atom stereocenters. The van der Waals surface area contributed by atoms with E-state index in [9.17, 15) is 9.59 Å². The van der Waals surface area contributed by atoms with Gasteiger partial charge in [-0.2, -0.15) is 0 Å². The van der Waals surface area contributed by atoms with E-state index in [1.165, 1.54) is 29.1 Å². The number of fused-ring (bicyclic) bond motifs is 2. The summed E-state index contributed by atoms with van der Waals surface area (Å²) in [5.41, 5.74) is 7.76. The topological polar surface area (TPSA) is 43.4 Å². The van der Waals surface area contributed by atoms with Crippen molar-refractivity contribution >= 4 is 35.1 Å². The lowest BCUT2D eigenvalue weighted by molar-refractivity contribution is 0.0974. The molecule has 0 fully saturated rings. The van der Waals surface area contributed by atoms with E-state index in [4.69, 9.17) is 4.74 Å². The van der Waals surface area contributed by atoms with Crippen LogP contribution >= 0.6 is 23.5 Å². The van der Waals surface area contributed by atoms with Crippen LogP contribution < -0.4 is 4.74 Å². The molecule has 6 rings (SSSR count). The van der Waals surface area contributed by atoms with Crippen molar-refractivity contribution in [3.8, 4) is 16.9 Å². The van der Waals surface area contributed by atoms with Gasteiger partial charge in [0.05, 0.1) is 6.61 Å². The Hall–Kier alpha value is -4.06. The van der Waals surface area contributed by atoms with Crippen molar-refractivity contribution in [2.45, 2.75) is 79.4 Å². The van der Waals surface area contributed by atoms with E-state index in [0.29, 0.717) is 22.3 Å². The molecule has 5 aromatic carbocycles. The van der Waals surface area contributed by atoms with Crippen molar-refractivity contribution in [3.05, 3.63) is 136 Å². The largest absolute Gasteiger partial charge is 0.493 e. The molecule has 5 heteroatoms. The van der Waals surface area contributed by atoms with Gasteiger partial charge in [-0.3, -0.25) is 9.59 Å². The number of hydrogen-bond donors (Lipinski definition) is 0. The minimum Gasteiger partial charge on any atom is -0.493 e. The highest BCUT2D eigenvalue weighted by atomic mass is 32.2. The number of benzene rings is 5. The first-order chi connectivity index (χ1) is 22.5. The molecular formula is C42H40O3S2. The molecule has 0 N–H and O–H groups in total. The van der Waals surface area contributed by atoms with Gasteiger partial charge in [-0.25, -0.2) is 0 Å². The summed E-state index contributed by atoms with van der Waals surface area (Å²) in [6.45, 7) is 13.7. The predicted octanol–water partition coefficient (Wildman–Crippen LogP) is 11.5. The van der Waals surface area contributed by atoms with Crippen molar-refractivity contribution in [1.82, 2.24) is 0 Å². The number of hydrogen-bond acceptors (Lipinski definition) is 5. The van der Waals surface area contributed by atoms with Crippen LogP contribution in [0.15, 0.2) is 117 Å². The summed E-state index contributed by atoms with van der Waals surface area (Å²) >= 11 is 3.05. The number of aryl methyl sites for hydroxylation is 2. The third-order valence-corrected chi connectivity index (χ3v) is 10.7. The number of carbonyl (C=O) groups excluding carboxylic acids is 2. The molecule has 238 valence electrons. The molecule has 5 aromatic rings. The van der Waals surface area contributed by atoms with E-state index in [1.807, 2.05) is 24.3 Å². The Kier molecular flexibility index (Phi) is 9.50. The third-order valence-electron chi connectivity index (χ3n) is 8.56. The monoisotopic (exact) mass is 656 g/mol. The molecule has 0 saturated heterocycles. The molecule has 0 bridgehead atoms. The van der Waals surface area contributed by atoms with Crippen molar-refractivity contribution in [2.24, 2.45) is 0 Å². The molecule has 0 heterocycles. The number of ether oxygens (including phenoxy) is 1. The number of ketones is 2. The van der Waals surface area contributed by atoms with Gasteiger partial charge in [-0.05, 0) is 102 Å². The first-order valence-electron chi connectivity index (χ1n) is 16.2. The summed E-state index contributed by atoms with van der Waals surface area (Å²) < 4.78 is 6.06. The second-order valence-corrected chi connectivity index (χ2v) is 15.4. The molecule has 1 aliphatic carbocycles. The van der Waals surface area contributed by atoms with Gasteiger partial charge < -0.3 is 4.74 Å². The zero-order chi connectivity index (χ0) is 33.3. The van der Waals surface area contributed by atoms with Crippen molar-refractivity contribution in [2.75, 3.05) is 6.61 Å². The lowest BCUT2D eigenvalue weighted by atomic mass is 9.84. The van der Waals surface area contributed by atoms with Gasteiger partial charge >= 0.3 is 0 Å². The summed E-state index contributed by atoms with van der Waals surface area (Å²) in [6, 6.07) is 32.4. The van der Waals surface area contributed by atoms with E-state index in [-0.39, 0.29) is 17.0 Å². The van der Waals surface area contributed by atoms with Gasteiger partial charge in [0, 0.05) is 41.8 Å². The Morgan fingerprint density at radius 3 is 1.60 bits per heavy atom. The van der Waals surface area contributed by atoms with Crippen LogP contribution in [0, 0.1) is 13.8 Å². The standard InChI is InChI=1S/C42H40O3S2/c1-7-8-23-45-41-26(2)24-29(25-27(41)3)28-15-19-31(20-16-28)46-35-13-9-11-33-37(35)39(43)34-12-10-14-36(38(34)40(33)44)47-32-21-17-30(18-22-32)42(4,5)6/h9-22,24-25H,7-8,23H2,1-6H3. The third kappa shape index (κ3) is 6.83. The Bertz CT molecular complexity index is 1940. The van der Waals surface area contributed by atoms with E-state index < -0.39 is 0 Å². The molecule has 0 amide bonds. The van der Waals surface area contributed by atoms with Crippen molar-refractivity contribution in [3.63, 3.8) is 0 Å². The number of carbonyl (C=O) groups is 2. The average molecular weight is 657 g/mol. The molecule has 0 saturated carbocycles. The maximum absolute atomic E-state index is 14.1. The number of unbranched alkanes of at least 4 members (excludes halogenated alkanes) is 1. The average Bonchev–Trinajstić information content (AvgIpc) is 3.05. The SMILES string of the molecule is CCCCOc1c(C)cc(-c2ccc(Sc3cccc4c3C(=O)c3cccc(Sc5ccc(C(C)(C)C)cc5)c3C4=O)cc2)cc1C. The van der Waals surface area contributed by atoms with Gasteiger partial charge in [-0.1, -0.05) is 106 Å². The van der Waals surface area contributed by atoms with Gasteiger partial charge in [0.1, 0.15) is 5.75 Å². The Labute approximate surface area is 287 Å². The van der Waals surface area contributed by atoms with Crippen LogP contribution in [0.1, 0.15) is 89.1 Å². The van der Waals surface area contributed by atoms with Crippen LogP contribution in [-0.2, 0) is 5.41 Å². The van der Waals surface area contributed by atoms with Crippen LogP contribution in [0.5, 0.6) is 5.75 Å². The Morgan fingerprint density at radius 1 is 0.638 bits per heavy atom. The molecule has 1 aliphatic rings. The molecule has 47 heavy (non-hydrogen) atoms. The van der Waals surface area contributed by atoms with E-state index >= 15 is 0 Å². The summed E-state index contributed by atoms with van der Waals surface area (Å²) in [7, 11) is 0. The fourth-order valence-electron chi connectivity index (χ4n) is 6.00. The maximum Gasteiger partial charge on any atom is 0.195 e. The summed E-state index contributed by atoms with van der Waals surface area (Å²) in [6.07, 6.45) is 2.15. The molecular weight excluding hydrogens is 617 g/mol. The lowest BCUT2D eigenvalue weighted by Crippen LogP contribution is -2.22. The number of rotatable bonds is 9. The minimum absolute atomic E-state index is 0.0622. The van der Waals surface area contributed by atoms with Crippen LogP contribution in [0.4, 0.5) is 0 Å². The highest BCUT2D eigenvalue weighted by Crippen LogP contribution is 2.42. The van der Waals surface area contributed by atoms with Crippen LogP contribution in [0.3, 0.4) is 0 Å². The van der Waals surface area contributed by atoms with Gasteiger partial charge in [0.2, 0.25) is 0 Å². The van der Waals surface area contributed by atoms with E-state index in [1.54, 1.807) is 12.1 Å². The summed E-state index contributed by atoms with van der Waals surface area (Å²) in [5.74, 6) is 0.770. The molecule has 3 nitrogen and oxygen atoms in total. The Morgan fingerprint density at radius 2 is 1.13 bits per heavy atom. The Balaban J connectivity index is 1.24. The molecule has 0 unspecified atom stereocenters. The second kappa shape index (κ2) is 13.6. The zero-order valence-electron chi connectivity index (χ0n) is 27.9. The van der Waals surface area contributed by atoms with Crippen molar-refractivity contribution in [1.29, 1.82) is 0 Å². The van der Waals surface area contributed by atoms with E-state index in [0.717, 1.165) is 67.0 Å².